The summed E-state index contributed by atoms with van der Waals surface area (Å²) in [5.74, 6) is 0.398. The van der Waals surface area contributed by atoms with Gasteiger partial charge in [0, 0.05) is 24.8 Å². The van der Waals surface area contributed by atoms with Crippen molar-refractivity contribution in [3.05, 3.63) is 59.2 Å². The monoisotopic (exact) mass is 406 g/mol. The molecule has 2 aromatic carbocycles. The highest BCUT2D eigenvalue weighted by molar-refractivity contribution is 7.89. The Labute approximate surface area is 166 Å². The highest BCUT2D eigenvalue weighted by Crippen LogP contribution is 2.26. The van der Waals surface area contributed by atoms with E-state index in [0.717, 1.165) is 11.1 Å². The van der Waals surface area contributed by atoms with Crippen LogP contribution < -0.4 is 14.8 Å². The van der Waals surface area contributed by atoms with E-state index in [1.165, 1.54) is 31.4 Å². The quantitative estimate of drug-likeness (QED) is 0.624. The molecule has 1 unspecified atom stereocenters. The number of aryl methyl sites for hydroxylation is 1. The van der Waals surface area contributed by atoms with Crippen LogP contribution >= 0.6 is 0 Å². The van der Waals surface area contributed by atoms with Gasteiger partial charge in [-0.3, -0.25) is 4.79 Å². The van der Waals surface area contributed by atoms with Crippen LogP contribution in [0.4, 0.5) is 0 Å². The normalized spacial score (nSPS) is 12.4. The van der Waals surface area contributed by atoms with Crippen LogP contribution in [0.3, 0.4) is 0 Å². The number of hydrogen-bond acceptors (Lipinski definition) is 5. The molecule has 0 aliphatic rings. The minimum absolute atomic E-state index is 0.0913. The minimum atomic E-state index is -3.63. The van der Waals surface area contributed by atoms with Gasteiger partial charge in [0.25, 0.3) is 5.91 Å². The van der Waals surface area contributed by atoms with Crippen LogP contribution in [-0.2, 0) is 14.8 Å². The molecule has 0 bridgehead atoms. The van der Waals surface area contributed by atoms with Crippen LogP contribution in [0.15, 0.2) is 47.4 Å². The topological polar surface area (TPSA) is 93.7 Å². The molecule has 0 aliphatic heterocycles. The standard InChI is InChI=1S/C20H26N2O5S/c1-14-5-10-19(27-4)18(13-14)15(2)22-20(23)16-6-8-17(9-7-16)28(24,25)21-11-12-26-3/h5-10,13,15,21H,11-12H2,1-4H3,(H,22,23). The Morgan fingerprint density at radius 2 is 1.79 bits per heavy atom. The van der Waals surface area contributed by atoms with Crippen molar-refractivity contribution in [3.8, 4) is 5.75 Å². The molecule has 152 valence electrons. The molecule has 2 N–H and O–H groups in total. The summed E-state index contributed by atoms with van der Waals surface area (Å²) < 4.78 is 37.0. The van der Waals surface area contributed by atoms with Crippen molar-refractivity contribution >= 4 is 15.9 Å². The molecule has 7 nitrogen and oxygen atoms in total. The van der Waals surface area contributed by atoms with E-state index in [0.29, 0.717) is 11.3 Å². The molecule has 0 radical (unpaired) electrons. The molecule has 0 aromatic heterocycles. The number of amides is 1. The zero-order valence-corrected chi connectivity index (χ0v) is 17.3. The lowest BCUT2D eigenvalue weighted by Gasteiger charge is -2.18. The minimum Gasteiger partial charge on any atom is -0.496 e. The first-order valence-electron chi connectivity index (χ1n) is 8.82. The Morgan fingerprint density at radius 3 is 2.39 bits per heavy atom. The molecule has 0 spiro atoms. The summed E-state index contributed by atoms with van der Waals surface area (Å²) in [6.07, 6.45) is 0. The van der Waals surface area contributed by atoms with Crippen molar-refractivity contribution in [3.63, 3.8) is 0 Å². The van der Waals surface area contributed by atoms with E-state index >= 15 is 0 Å². The van der Waals surface area contributed by atoms with Gasteiger partial charge in [-0.25, -0.2) is 13.1 Å². The van der Waals surface area contributed by atoms with E-state index in [2.05, 4.69) is 10.0 Å². The Balaban J connectivity index is 2.10. The Morgan fingerprint density at radius 1 is 1.11 bits per heavy atom. The average molecular weight is 407 g/mol. The van der Waals surface area contributed by atoms with Crippen LogP contribution in [0.2, 0.25) is 0 Å². The third kappa shape index (κ3) is 5.54. The first-order chi connectivity index (χ1) is 13.3. The predicted molar refractivity (Wildman–Crippen MR) is 107 cm³/mol. The van der Waals surface area contributed by atoms with Crippen molar-refractivity contribution in [1.82, 2.24) is 10.0 Å². The molecule has 0 aliphatic carbocycles. The Kier molecular flexibility index (Phi) is 7.56. The molecule has 8 heteroatoms. The fourth-order valence-corrected chi connectivity index (χ4v) is 3.71. The van der Waals surface area contributed by atoms with Gasteiger partial charge in [-0.15, -0.1) is 0 Å². The number of carbonyl (C=O) groups is 1. The molecular formula is C20H26N2O5S. The van der Waals surface area contributed by atoms with Gasteiger partial charge in [-0.1, -0.05) is 17.7 Å². The number of ether oxygens (including phenoxy) is 2. The SMILES string of the molecule is COCCNS(=O)(=O)c1ccc(C(=O)NC(C)c2cc(C)ccc2OC)cc1. The maximum Gasteiger partial charge on any atom is 0.251 e. The van der Waals surface area contributed by atoms with E-state index in [4.69, 9.17) is 9.47 Å². The highest BCUT2D eigenvalue weighted by Gasteiger charge is 2.17. The summed E-state index contributed by atoms with van der Waals surface area (Å²) in [7, 11) is -0.552. The van der Waals surface area contributed by atoms with E-state index in [1.807, 2.05) is 32.0 Å². The number of benzene rings is 2. The zero-order valence-electron chi connectivity index (χ0n) is 16.5. The van der Waals surface area contributed by atoms with E-state index in [-0.39, 0.29) is 30.0 Å². The van der Waals surface area contributed by atoms with Crippen LogP contribution in [-0.4, -0.2) is 41.7 Å². The lowest BCUT2D eigenvalue weighted by molar-refractivity contribution is 0.0939. The van der Waals surface area contributed by atoms with Crippen molar-refractivity contribution in [2.75, 3.05) is 27.4 Å². The maximum atomic E-state index is 12.6. The van der Waals surface area contributed by atoms with Crippen LogP contribution in [0, 0.1) is 6.92 Å². The fourth-order valence-electron chi connectivity index (χ4n) is 2.70. The van der Waals surface area contributed by atoms with E-state index < -0.39 is 10.0 Å². The van der Waals surface area contributed by atoms with Gasteiger partial charge >= 0.3 is 0 Å². The summed E-state index contributed by atoms with van der Waals surface area (Å²) in [6, 6.07) is 11.3. The molecule has 2 aromatic rings. The van der Waals surface area contributed by atoms with E-state index in [9.17, 15) is 13.2 Å². The van der Waals surface area contributed by atoms with Crippen LogP contribution in [0.5, 0.6) is 5.75 Å². The smallest absolute Gasteiger partial charge is 0.251 e. The van der Waals surface area contributed by atoms with Gasteiger partial charge < -0.3 is 14.8 Å². The van der Waals surface area contributed by atoms with Crippen molar-refractivity contribution < 1.29 is 22.7 Å². The molecular weight excluding hydrogens is 380 g/mol. The molecule has 0 saturated carbocycles. The van der Waals surface area contributed by atoms with Crippen molar-refractivity contribution in [2.45, 2.75) is 24.8 Å². The molecule has 1 atom stereocenters. The van der Waals surface area contributed by atoms with Crippen LogP contribution in [0.1, 0.15) is 34.5 Å². The largest absolute Gasteiger partial charge is 0.496 e. The van der Waals surface area contributed by atoms with Gasteiger partial charge in [0.05, 0.1) is 24.7 Å². The Hall–Kier alpha value is -2.42. The number of hydrogen-bond donors (Lipinski definition) is 2. The second-order valence-electron chi connectivity index (χ2n) is 6.36. The highest BCUT2D eigenvalue weighted by atomic mass is 32.2. The number of carbonyl (C=O) groups excluding carboxylic acids is 1. The van der Waals surface area contributed by atoms with Gasteiger partial charge in [0.2, 0.25) is 10.0 Å². The first kappa shape index (κ1) is 21.9. The third-order valence-electron chi connectivity index (χ3n) is 4.22. The number of rotatable bonds is 9. The lowest BCUT2D eigenvalue weighted by Crippen LogP contribution is -2.28. The van der Waals surface area contributed by atoms with Crippen LogP contribution in [0.25, 0.3) is 0 Å². The number of sulfonamides is 1. The summed E-state index contributed by atoms with van der Waals surface area (Å²) in [5.41, 5.74) is 2.30. The molecule has 0 fully saturated rings. The first-order valence-corrected chi connectivity index (χ1v) is 10.3. The molecule has 1 amide bonds. The second-order valence-corrected chi connectivity index (χ2v) is 8.12. The van der Waals surface area contributed by atoms with Gasteiger partial charge in [-0.2, -0.15) is 0 Å². The Bertz CT molecular complexity index is 911. The fraction of sp³-hybridized carbons (Fsp3) is 0.350. The summed E-state index contributed by atoms with van der Waals surface area (Å²) >= 11 is 0. The molecule has 28 heavy (non-hydrogen) atoms. The second kappa shape index (κ2) is 9.68. The summed E-state index contributed by atoms with van der Waals surface area (Å²) in [6.45, 7) is 4.29. The van der Waals surface area contributed by atoms with Gasteiger partial charge in [0.15, 0.2) is 0 Å². The molecule has 2 rings (SSSR count). The predicted octanol–water partition coefficient (Wildman–Crippen LogP) is 2.42. The van der Waals surface area contributed by atoms with E-state index in [1.54, 1.807) is 7.11 Å². The third-order valence-corrected chi connectivity index (χ3v) is 5.70. The van der Waals surface area contributed by atoms with Crippen molar-refractivity contribution in [2.24, 2.45) is 0 Å². The van der Waals surface area contributed by atoms with Gasteiger partial charge in [0.1, 0.15) is 5.75 Å². The lowest BCUT2D eigenvalue weighted by atomic mass is 10.0. The summed E-state index contributed by atoms with van der Waals surface area (Å²) in [4.78, 5) is 12.6. The maximum absolute atomic E-state index is 12.6. The number of nitrogens with one attached hydrogen (secondary N) is 2. The average Bonchev–Trinajstić information content (AvgIpc) is 2.68. The molecule has 0 saturated heterocycles. The van der Waals surface area contributed by atoms with Crippen molar-refractivity contribution in [1.29, 1.82) is 0 Å². The van der Waals surface area contributed by atoms with Gasteiger partial charge in [-0.05, 0) is 44.2 Å². The number of methoxy groups -OCH3 is 2. The molecule has 0 heterocycles. The zero-order chi connectivity index (χ0) is 20.7. The summed E-state index contributed by atoms with van der Waals surface area (Å²) in [5, 5.41) is 2.91.